The molecule has 5 nitrogen and oxygen atoms in total. The molecule has 0 aliphatic rings. The number of benzene rings is 1. The summed E-state index contributed by atoms with van der Waals surface area (Å²) in [5, 5.41) is 5.28. The Morgan fingerprint density at radius 3 is 2.76 bits per heavy atom. The molecule has 5 heteroatoms. The highest BCUT2D eigenvalue weighted by atomic mass is 16.3. The largest absolute Gasteiger partial charge is 0.459 e. The third-order valence-electron chi connectivity index (χ3n) is 2.84. The zero-order chi connectivity index (χ0) is 15.2. The van der Waals surface area contributed by atoms with E-state index in [1.54, 1.807) is 30.3 Å². The van der Waals surface area contributed by atoms with E-state index in [0.717, 1.165) is 5.56 Å². The van der Waals surface area contributed by atoms with E-state index in [1.165, 1.54) is 6.26 Å². The van der Waals surface area contributed by atoms with E-state index < -0.39 is 0 Å². The van der Waals surface area contributed by atoms with Crippen molar-refractivity contribution in [2.45, 2.75) is 6.92 Å². The number of carbonyl (C=O) groups is 2. The standard InChI is InChI=1S/C16H14N2O3/c1-3-8-17-15(19)12-7-6-11(2)13(10-12)18-16(20)14-5-4-9-21-14/h1,4-7,9-10H,8H2,2H3,(H,17,19)(H,18,20). The molecule has 0 aliphatic heterocycles. The topological polar surface area (TPSA) is 71.3 Å². The Balaban J connectivity index is 2.18. The van der Waals surface area contributed by atoms with Gasteiger partial charge in [0.05, 0.1) is 12.8 Å². The maximum atomic E-state index is 11.9. The van der Waals surface area contributed by atoms with Gasteiger partial charge in [-0.05, 0) is 36.8 Å². The van der Waals surface area contributed by atoms with Gasteiger partial charge in [-0.15, -0.1) is 6.42 Å². The fourth-order valence-electron chi connectivity index (χ4n) is 1.72. The minimum atomic E-state index is -0.371. The van der Waals surface area contributed by atoms with Gasteiger partial charge in [0.15, 0.2) is 5.76 Å². The molecule has 0 atom stereocenters. The number of aryl methyl sites for hydroxylation is 1. The number of hydrogen-bond donors (Lipinski definition) is 2. The van der Waals surface area contributed by atoms with Crippen molar-refractivity contribution in [2.24, 2.45) is 0 Å². The highest BCUT2D eigenvalue weighted by Crippen LogP contribution is 2.18. The molecule has 0 bridgehead atoms. The molecule has 2 N–H and O–H groups in total. The summed E-state index contributed by atoms with van der Waals surface area (Å²) in [6.45, 7) is 1.99. The summed E-state index contributed by atoms with van der Waals surface area (Å²) in [7, 11) is 0. The minimum Gasteiger partial charge on any atom is -0.459 e. The van der Waals surface area contributed by atoms with Gasteiger partial charge in [0, 0.05) is 11.3 Å². The van der Waals surface area contributed by atoms with E-state index in [4.69, 9.17) is 10.8 Å². The van der Waals surface area contributed by atoms with E-state index in [1.807, 2.05) is 6.92 Å². The van der Waals surface area contributed by atoms with Gasteiger partial charge in [0.2, 0.25) is 0 Å². The third kappa shape index (κ3) is 3.51. The first-order valence-corrected chi connectivity index (χ1v) is 6.29. The monoisotopic (exact) mass is 282 g/mol. The van der Waals surface area contributed by atoms with E-state index in [-0.39, 0.29) is 24.1 Å². The van der Waals surface area contributed by atoms with E-state index in [0.29, 0.717) is 11.3 Å². The van der Waals surface area contributed by atoms with Gasteiger partial charge >= 0.3 is 0 Å². The number of terminal acetylenes is 1. The molecule has 1 aromatic carbocycles. The average molecular weight is 282 g/mol. The zero-order valence-electron chi connectivity index (χ0n) is 11.5. The van der Waals surface area contributed by atoms with Crippen molar-refractivity contribution in [2.75, 3.05) is 11.9 Å². The Bertz CT molecular complexity index is 697. The van der Waals surface area contributed by atoms with Gasteiger partial charge in [-0.3, -0.25) is 9.59 Å². The van der Waals surface area contributed by atoms with Crippen LogP contribution in [0.25, 0.3) is 0 Å². The van der Waals surface area contributed by atoms with Crippen LogP contribution in [0.5, 0.6) is 0 Å². The molecular weight excluding hydrogens is 268 g/mol. The van der Waals surface area contributed by atoms with Crippen molar-refractivity contribution in [1.82, 2.24) is 5.32 Å². The quantitative estimate of drug-likeness (QED) is 0.844. The molecule has 2 aromatic rings. The molecule has 0 saturated heterocycles. The SMILES string of the molecule is C#CCNC(=O)c1ccc(C)c(NC(=O)c2ccco2)c1. The summed E-state index contributed by atoms with van der Waals surface area (Å²) >= 11 is 0. The van der Waals surface area contributed by atoms with Crippen LogP contribution in [-0.2, 0) is 0 Å². The Labute approximate surface area is 122 Å². The molecule has 106 valence electrons. The smallest absolute Gasteiger partial charge is 0.291 e. The molecule has 1 heterocycles. The second-order valence-electron chi connectivity index (χ2n) is 4.35. The van der Waals surface area contributed by atoms with Crippen molar-refractivity contribution in [1.29, 1.82) is 0 Å². The van der Waals surface area contributed by atoms with Gasteiger partial charge in [0.1, 0.15) is 0 Å². The molecule has 0 aliphatic carbocycles. The fraction of sp³-hybridized carbons (Fsp3) is 0.125. The van der Waals surface area contributed by atoms with Crippen LogP contribution in [-0.4, -0.2) is 18.4 Å². The molecule has 2 rings (SSSR count). The van der Waals surface area contributed by atoms with E-state index in [2.05, 4.69) is 16.6 Å². The average Bonchev–Trinajstić information content (AvgIpc) is 3.01. The molecule has 0 spiro atoms. The molecule has 1 aromatic heterocycles. The number of anilines is 1. The maximum absolute atomic E-state index is 11.9. The van der Waals surface area contributed by atoms with Crippen LogP contribution in [0.3, 0.4) is 0 Å². The fourth-order valence-corrected chi connectivity index (χ4v) is 1.72. The van der Waals surface area contributed by atoms with Crippen molar-refractivity contribution in [3.8, 4) is 12.3 Å². The van der Waals surface area contributed by atoms with Crippen molar-refractivity contribution in [3.63, 3.8) is 0 Å². The van der Waals surface area contributed by atoms with Crippen LogP contribution in [0.15, 0.2) is 41.0 Å². The van der Waals surface area contributed by atoms with Crippen LogP contribution in [0.2, 0.25) is 0 Å². The Morgan fingerprint density at radius 2 is 2.10 bits per heavy atom. The first-order chi connectivity index (χ1) is 10.1. The highest BCUT2D eigenvalue weighted by Gasteiger charge is 2.12. The molecule has 0 radical (unpaired) electrons. The lowest BCUT2D eigenvalue weighted by molar-refractivity contribution is 0.0956. The van der Waals surface area contributed by atoms with Crippen LogP contribution in [0.1, 0.15) is 26.5 Å². The summed E-state index contributed by atoms with van der Waals surface area (Å²) in [5.74, 6) is 1.87. The van der Waals surface area contributed by atoms with Crippen LogP contribution < -0.4 is 10.6 Å². The number of nitrogens with one attached hydrogen (secondary N) is 2. The Morgan fingerprint density at radius 1 is 1.29 bits per heavy atom. The zero-order valence-corrected chi connectivity index (χ0v) is 11.5. The summed E-state index contributed by atoms with van der Waals surface area (Å²) in [4.78, 5) is 23.8. The molecule has 0 fully saturated rings. The lowest BCUT2D eigenvalue weighted by atomic mass is 10.1. The second-order valence-corrected chi connectivity index (χ2v) is 4.35. The number of rotatable bonds is 4. The van der Waals surface area contributed by atoms with Gasteiger partial charge < -0.3 is 15.1 Å². The minimum absolute atomic E-state index is 0.154. The van der Waals surface area contributed by atoms with Crippen molar-refractivity contribution >= 4 is 17.5 Å². The summed E-state index contributed by atoms with van der Waals surface area (Å²) < 4.78 is 5.02. The van der Waals surface area contributed by atoms with Gasteiger partial charge in [-0.2, -0.15) is 0 Å². The van der Waals surface area contributed by atoms with E-state index >= 15 is 0 Å². The molecule has 2 amide bonds. The molecule has 21 heavy (non-hydrogen) atoms. The summed E-state index contributed by atoms with van der Waals surface area (Å²) in [5.41, 5.74) is 1.80. The molecule has 0 unspecified atom stereocenters. The Hall–Kier alpha value is -3.00. The van der Waals surface area contributed by atoms with Gasteiger partial charge in [0.25, 0.3) is 11.8 Å². The predicted molar refractivity (Wildman–Crippen MR) is 79.0 cm³/mol. The Kier molecular flexibility index (Phi) is 4.42. The normalized spacial score (nSPS) is 9.71. The van der Waals surface area contributed by atoms with Crippen LogP contribution >= 0.6 is 0 Å². The maximum Gasteiger partial charge on any atom is 0.291 e. The predicted octanol–water partition coefficient (Wildman–Crippen LogP) is 2.20. The number of carbonyl (C=O) groups excluding carboxylic acids is 2. The number of furan rings is 1. The van der Waals surface area contributed by atoms with Gasteiger partial charge in [-0.1, -0.05) is 12.0 Å². The highest BCUT2D eigenvalue weighted by molar-refractivity contribution is 6.03. The van der Waals surface area contributed by atoms with Crippen LogP contribution in [0.4, 0.5) is 5.69 Å². The number of hydrogen-bond acceptors (Lipinski definition) is 3. The third-order valence-corrected chi connectivity index (χ3v) is 2.84. The molecule has 0 saturated carbocycles. The van der Waals surface area contributed by atoms with Crippen molar-refractivity contribution < 1.29 is 14.0 Å². The second kappa shape index (κ2) is 6.44. The lowest BCUT2D eigenvalue weighted by Crippen LogP contribution is -2.23. The van der Waals surface area contributed by atoms with Crippen molar-refractivity contribution in [3.05, 3.63) is 53.5 Å². The lowest BCUT2D eigenvalue weighted by Gasteiger charge is -2.09. The van der Waals surface area contributed by atoms with Gasteiger partial charge in [-0.25, -0.2) is 0 Å². The van der Waals surface area contributed by atoms with Crippen LogP contribution in [0, 0.1) is 19.3 Å². The first kappa shape index (κ1) is 14.4. The number of amides is 2. The first-order valence-electron chi connectivity index (χ1n) is 6.29. The summed E-state index contributed by atoms with van der Waals surface area (Å²) in [6, 6.07) is 8.22. The van der Waals surface area contributed by atoms with E-state index in [9.17, 15) is 9.59 Å². The summed E-state index contributed by atoms with van der Waals surface area (Å²) in [6.07, 6.45) is 6.52. The molecular formula is C16H14N2O3.